The van der Waals surface area contributed by atoms with Gasteiger partial charge < -0.3 is 25.7 Å². The predicted octanol–water partition coefficient (Wildman–Crippen LogP) is 13.9. The molecule has 0 fully saturated rings. The van der Waals surface area contributed by atoms with Gasteiger partial charge in [0.2, 0.25) is 5.91 Å². The van der Waals surface area contributed by atoms with Crippen LogP contribution in [0.25, 0.3) is 0 Å². The van der Waals surface area contributed by atoms with Gasteiger partial charge in [0.15, 0.2) is 0 Å². The molecule has 6 nitrogen and oxygen atoms in total. The van der Waals surface area contributed by atoms with Gasteiger partial charge in [-0.3, -0.25) is 4.79 Å². The highest BCUT2D eigenvalue weighted by Gasteiger charge is 2.28. The molecule has 0 aromatic carbocycles. The first-order chi connectivity index (χ1) is 28.0. The van der Waals surface area contributed by atoms with Crippen LogP contribution >= 0.6 is 0 Å². The van der Waals surface area contributed by atoms with E-state index in [1.807, 2.05) is 0 Å². The zero-order chi connectivity index (χ0) is 41.7. The first-order valence-electron chi connectivity index (χ1n) is 25.2. The first-order valence-corrected chi connectivity index (χ1v) is 25.2. The molecule has 0 aliphatic heterocycles. The number of aliphatic hydroxyl groups excluding tert-OH is 4. The molecule has 0 aromatic rings. The summed E-state index contributed by atoms with van der Waals surface area (Å²) in [6.07, 6.45) is 54.1. The zero-order valence-corrected chi connectivity index (χ0v) is 38.1. The monoisotopic (exact) mass is 806 g/mol. The van der Waals surface area contributed by atoms with Crippen molar-refractivity contribution < 1.29 is 25.2 Å². The Hall–Kier alpha value is -1.21. The molecule has 4 atom stereocenters. The second-order valence-electron chi connectivity index (χ2n) is 17.5. The van der Waals surface area contributed by atoms with E-state index < -0.39 is 36.9 Å². The Morgan fingerprint density at radius 2 is 0.737 bits per heavy atom. The van der Waals surface area contributed by atoms with E-state index in [2.05, 4.69) is 43.5 Å². The third-order valence-corrected chi connectivity index (χ3v) is 11.9. The highest BCUT2D eigenvalue weighted by atomic mass is 16.3. The van der Waals surface area contributed by atoms with Gasteiger partial charge in [-0.1, -0.05) is 231 Å². The SMILES string of the molecule is CCCC/C=C\CCCCCCC(O)C(=O)NC(CO)C(O)C(O)CCC/C=C/CCCCCCCCCCCCCCCCCCCCCCCCCCCC. The number of carbonyl (C=O) groups is 1. The molecule has 0 bridgehead atoms. The molecule has 0 aliphatic rings. The molecule has 5 N–H and O–H groups in total. The lowest BCUT2D eigenvalue weighted by molar-refractivity contribution is -0.132. The van der Waals surface area contributed by atoms with Crippen molar-refractivity contribution in [2.45, 2.75) is 289 Å². The molecule has 0 saturated carbocycles. The van der Waals surface area contributed by atoms with Crippen LogP contribution in [0.2, 0.25) is 0 Å². The fraction of sp³-hybridized carbons (Fsp3) is 0.902. The Bertz CT molecular complexity index is 863. The molecular weight excluding hydrogens is 707 g/mol. The van der Waals surface area contributed by atoms with Crippen molar-refractivity contribution in [1.82, 2.24) is 5.32 Å². The number of carbonyl (C=O) groups excluding carboxylic acids is 1. The number of hydrogen-bond acceptors (Lipinski definition) is 5. The molecule has 57 heavy (non-hydrogen) atoms. The van der Waals surface area contributed by atoms with E-state index in [0.717, 1.165) is 57.8 Å². The van der Waals surface area contributed by atoms with Crippen LogP contribution in [0.3, 0.4) is 0 Å². The number of rotatable bonds is 46. The summed E-state index contributed by atoms with van der Waals surface area (Å²) in [5.41, 5.74) is 0. The van der Waals surface area contributed by atoms with Crippen LogP contribution in [0, 0.1) is 0 Å². The van der Waals surface area contributed by atoms with E-state index in [1.54, 1.807) is 0 Å². The van der Waals surface area contributed by atoms with Crippen molar-refractivity contribution in [3.63, 3.8) is 0 Å². The van der Waals surface area contributed by atoms with Crippen LogP contribution in [0.15, 0.2) is 24.3 Å². The maximum absolute atomic E-state index is 12.5. The molecule has 0 saturated heterocycles. The summed E-state index contributed by atoms with van der Waals surface area (Å²) in [5.74, 6) is -0.604. The van der Waals surface area contributed by atoms with Crippen LogP contribution in [0.1, 0.15) is 264 Å². The summed E-state index contributed by atoms with van der Waals surface area (Å²) >= 11 is 0. The molecule has 0 spiro atoms. The number of aliphatic hydroxyl groups is 4. The lowest BCUT2D eigenvalue weighted by atomic mass is 10.00. The minimum absolute atomic E-state index is 0.348. The highest BCUT2D eigenvalue weighted by Crippen LogP contribution is 2.17. The summed E-state index contributed by atoms with van der Waals surface area (Å²) in [7, 11) is 0. The van der Waals surface area contributed by atoms with E-state index >= 15 is 0 Å². The highest BCUT2D eigenvalue weighted by molar-refractivity contribution is 5.80. The summed E-state index contributed by atoms with van der Waals surface area (Å²) < 4.78 is 0. The van der Waals surface area contributed by atoms with Gasteiger partial charge in [-0.15, -0.1) is 0 Å². The summed E-state index contributed by atoms with van der Waals surface area (Å²) in [6, 6.07) is -1.00. The Labute approximate surface area is 354 Å². The molecule has 0 aliphatic carbocycles. The van der Waals surface area contributed by atoms with Crippen molar-refractivity contribution in [3.05, 3.63) is 24.3 Å². The quantitative estimate of drug-likeness (QED) is 0.0311. The van der Waals surface area contributed by atoms with E-state index in [1.165, 1.54) is 180 Å². The first kappa shape index (κ1) is 55.8. The third-order valence-electron chi connectivity index (χ3n) is 11.9. The molecule has 0 aromatic heterocycles. The average Bonchev–Trinajstić information content (AvgIpc) is 3.22. The minimum Gasteiger partial charge on any atom is -0.394 e. The second kappa shape index (κ2) is 45.9. The molecule has 0 radical (unpaired) electrons. The average molecular weight is 806 g/mol. The maximum Gasteiger partial charge on any atom is 0.249 e. The van der Waals surface area contributed by atoms with E-state index in [9.17, 15) is 25.2 Å². The lowest BCUT2D eigenvalue weighted by Gasteiger charge is -2.27. The molecule has 4 unspecified atom stereocenters. The van der Waals surface area contributed by atoms with Crippen molar-refractivity contribution in [2.75, 3.05) is 6.61 Å². The van der Waals surface area contributed by atoms with Gasteiger partial charge in [0, 0.05) is 0 Å². The fourth-order valence-corrected chi connectivity index (χ4v) is 7.86. The molecule has 0 rings (SSSR count). The van der Waals surface area contributed by atoms with Gasteiger partial charge in [-0.25, -0.2) is 0 Å². The molecule has 6 heteroatoms. The predicted molar refractivity (Wildman–Crippen MR) is 247 cm³/mol. The zero-order valence-electron chi connectivity index (χ0n) is 38.1. The van der Waals surface area contributed by atoms with Crippen molar-refractivity contribution in [1.29, 1.82) is 0 Å². The Kier molecular flexibility index (Phi) is 44.9. The Morgan fingerprint density at radius 1 is 0.421 bits per heavy atom. The number of allylic oxidation sites excluding steroid dienone is 4. The lowest BCUT2D eigenvalue weighted by Crippen LogP contribution is -2.53. The maximum atomic E-state index is 12.5. The van der Waals surface area contributed by atoms with Crippen molar-refractivity contribution in [2.24, 2.45) is 0 Å². The standard InChI is InChI=1S/C51H99NO5/c1-3-5-7-9-11-13-15-16-17-18-19-20-21-22-23-24-25-26-27-28-29-30-31-32-33-34-35-37-38-40-42-44-48(54)50(56)47(46-53)52-51(57)49(55)45-43-41-39-36-14-12-10-8-6-4-2/h10,12,37-38,47-50,53-56H,3-9,11,13-36,39-46H2,1-2H3,(H,52,57)/b12-10-,38-37+. The van der Waals surface area contributed by atoms with E-state index in [0.29, 0.717) is 12.8 Å². The largest absolute Gasteiger partial charge is 0.394 e. The van der Waals surface area contributed by atoms with Gasteiger partial charge in [0.1, 0.15) is 12.2 Å². The van der Waals surface area contributed by atoms with Crippen molar-refractivity contribution >= 4 is 5.91 Å². The van der Waals surface area contributed by atoms with Gasteiger partial charge in [-0.05, 0) is 57.8 Å². The van der Waals surface area contributed by atoms with Crippen LogP contribution in [-0.4, -0.2) is 57.3 Å². The molecule has 1 amide bonds. The Morgan fingerprint density at radius 3 is 1.11 bits per heavy atom. The minimum atomic E-state index is -1.28. The second-order valence-corrected chi connectivity index (χ2v) is 17.5. The topological polar surface area (TPSA) is 110 Å². The molecule has 0 heterocycles. The third kappa shape index (κ3) is 40.0. The summed E-state index contributed by atoms with van der Waals surface area (Å²) in [5, 5.41) is 43.6. The van der Waals surface area contributed by atoms with Gasteiger partial charge >= 0.3 is 0 Å². The van der Waals surface area contributed by atoms with Crippen LogP contribution in [0.4, 0.5) is 0 Å². The van der Waals surface area contributed by atoms with Gasteiger partial charge in [0.25, 0.3) is 0 Å². The molecule has 338 valence electrons. The van der Waals surface area contributed by atoms with Gasteiger partial charge in [-0.2, -0.15) is 0 Å². The normalized spacial score (nSPS) is 14.1. The fourth-order valence-electron chi connectivity index (χ4n) is 7.86. The number of amides is 1. The summed E-state index contributed by atoms with van der Waals surface area (Å²) in [4.78, 5) is 12.5. The molecular formula is C51H99NO5. The number of unbranched alkanes of at least 4 members (excludes halogenated alkanes) is 33. The van der Waals surface area contributed by atoms with Crippen LogP contribution in [0.5, 0.6) is 0 Å². The summed E-state index contributed by atoms with van der Waals surface area (Å²) in [6.45, 7) is 4.00. The van der Waals surface area contributed by atoms with E-state index in [-0.39, 0.29) is 0 Å². The number of nitrogens with one attached hydrogen (secondary N) is 1. The van der Waals surface area contributed by atoms with E-state index in [4.69, 9.17) is 0 Å². The van der Waals surface area contributed by atoms with Crippen molar-refractivity contribution in [3.8, 4) is 0 Å². The van der Waals surface area contributed by atoms with Crippen LogP contribution < -0.4 is 5.32 Å². The Balaban J connectivity index is 3.58. The van der Waals surface area contributed by atoms with Gasteiger partial charge in [0.05, 0.1) is 18.8 Å². The van der Waals surface area contributed by atoms with Crippen LogP contribution in [-0.2, 0) is 4.79 Å². The smallest absolute Gasteiger partial charge is 0.249 e. The number of hydrogen-bond donors (Lipinski definition) is 5.